The monoisotopic (exact) mass is 421 g/mol. The van der Waals surface area contributed by atoms with Crippen molar-refractivity contribution < 1.29 is 27.2 Å². The number of anilines is 1. The number of halogens is 3. The third-order valence-corrected chi connectivity index (χ3v) is 5.11. The Hall–Kier alpha value is -3.19. The minimum atomic E-state index is -4.61. The quantitative estimate of drug-likeness (QED) is 0.761. The molecular formula is C19H14F3N3O3S. The third-order valence-electron chi connectivity index (χ3n) is 4.10. The Kier molecular flexibility index (Phi) is 5.98. The summed E-state index contributed by atoms with van der Waals surface area (Å²) in [6.07, 6.45) is -3.16. The second-order valence-electron chi connectivity index (χ2n) is 6.06. The van der Waals surface area contributed by atoms with Crippen molar-refractivity contribution in [3.8, 4) is 6.07 Å². The highest BCUT2D eigenvalue weighted by Gasteiger charge is 2.34. The molecule has 0 saturated heterocycles. The average molecular weight is 421 g/mol. The topological polar surface area (TPSA) is 95.1 Å². The van der Waals surface area contributed by atoms with Gasteiger partial charge in [0.25, 0.3) is 0 Å². The molecule has 150 valence electrons. The average Bonchev–Trinajstić information content (AvgIpc) is 3.20. The van der Waals surface area contributed by atoms with E-state index in [1.165, 1.54) is 18.4 Å². The molecule has 29 heavy (non-hydrogen) atoms. The van der Waals surface area contributed by atoms with Crippen LogP contribution < -0.4 is 10.6 Å². The lowest BCUT2D eigenvalue weighted by atomic mass is 9.92. The Morgan fingerprint density at radius 2 is 2.07 bits per heavy atom. The number of rotatable bonds is 5. The first-order valence-electron chi connectivity index (χ1n) is 8.36. The highest BCUT2D eigenvalue weighted by atomic mass is 32.2. The molecule has 0 spiro atoms. The zero-order valence-corrected chi connectivity index (χ0v) is 15.6. The van der Waals surface area contributed by atoms with E-state index in [-0.39, 0.29) is 34.4 Å². The molecule has 10 heteroatoms. The molecular weight excluding hydrogens is 407 g/mol. The first kappa shape index (κ1) is 20.5. The maximum absolute atomic E-state index is 13.0. The van der Waals surface area contributed by atoms with E-state index in [9.17, 15) is 28.0 Å². The number of nitrogens with one attached hydrogen (secondary N) is 2. The van der Waals surface area contributed by atoms with E-state index >= 15 is 0 Å². The summed E-state index contributed by atoms with van der Waals surface area (Å²) in [5, 5.41) is 14.5. The number of allylic oxidation sites excluding steroid dienone is 1. The number of nitriles is 1. The Bertz CT molecular complexity index is 994. The van der Waals surface area contributed by atoms with Crippen molar-refractivity contribution >= 4 is 29.3 Å². The molecule has 1 atom stereocenters. The van der Waals surface area contributed by atoms with E-state index in [1.807, 2.05) is 6.07 Å². The first-order valence-corrected chi connectivity index (χ1v) is 9.34. The fourth-order valence-electron chi connectivity index (χ4n) is 2.83. The molecule has 2 heterocycles. The second-order valence-corrected chi connectivity index (χ2v) is 7.04. The molecule has 0 bridgehead atoms. The molecule has 1 aromatic heterocycles. The Morgan fingerprint density at radius 3 is 2.72 bits per heavy atom. The van der Waals surface area contributed by atoms with Crippen LogP contribution in [0.25, 0.3) is 0 Å². The molecule has 0 radical (unpaired) electrons. The van der Waals surface area contributed by atoms with Crippen LogP contribution >= 0.6 is 11.8 Å². The lowest BCUT2D eigenvalue weighted by Gasteiger charge is -2.23. The summed E-state index contributed by atoms with van der Waals surface area (Å²) in [6, 6.07) is 9.92. The van der Waals surface area contributed by atoms with Crippen molar-refractivity contribution in [2.75, 3.05) is 11.1 Å². The van der Waals surface area contributed by atoms with Gasteiger partial charge in [0, 0.05) is 6.42 Å². The van der Waals surface area contributed by atoms with Crippen LogP contribution in [0.2, 0.25) is 0 Å². The summed E-state index contributed by atoms with van der Waals surface area (Å²) < 4.78 is 44.4. The van der Waals surface area contributed by atoms with Gasteiger partial charge in [0.05, 0.1) is 45.9 Å². The predicted octanol–water partition coefficient (Wildman–Crippen LogP) is 4.01. The Labute approximate surface area is 167 Å². The summed E-state index contributed by atoms with van der Waals surface area (Å²) in [4.78, 5) is 24.2. The van der Waals surface area contributed by atoms with Crippen LogP contribution in [0, 0.1) is 11.3 Å². The Morgan fingerprint density at radius 1 is 1.31 bits per heavy atom. The van der Waals surface area contributed by atoms with Crippen molar-refractivity contribution in [1.29, 1.82) is 5.26 Å². The SMILES string of the molecule is N#CC1=C(SCC(=O)Nc2ccccc2C(F)(F)F)NC(=O)CC1c1ccco1. The number of carbonyl (C=O) groups excluding carboxylic acids is 2. The van der Waals surface area contributed by atoms with Crippen molar-refractivity contribution in [3.05, 3.63) is 64.6 Å². The van der Waals surface area contributed by atoms with Crippen molar-refractivity contribution in [2.24, 2.45) is 0 Å². The van der Waals surface area contributed by atoms with Gasteiger partial charge in [0.2, 0.25) is 11.8 Å². The van der Waals surface area contributed by atoms with Gasteiger partial charge in [0.1, 0.15) is 5.76 Å². The molecule has 2 aromatic rings. The van der Waals surface area contributed by atoms with E-state index in [0.717, 1.165) is 23.9 Å². The smallest absolute Gasteiger partial charge is 0.418 e. The number of hydrogen-bond acceptors (Lipinski definition) is 5. The Balaban J connectivity index is 1.74. The molecule has 6 nitrogen and oxygen atoms in total. The molecule has 1 aromatic carbocycles. The van der Waals surface area contributed by atoms with Crippen molar-refractivity contribution in [2.45, 2.75) is 18.5 Å². The number of benzene rings is 1. The van der Waals surface area contributed by atoms with Crippen molar-refractivity contribution in [1.82, 2.24) is 5.32 Å². The number of alkyl halides is 3. The summed E-state index contributed by atoms with van der Waals surface area (Å²) >= 11 is 0.866. The van der Waals surface area contributed by atoms with E-state index in [4.69, 9.17) is 4.42 Å². The highest BCUT2D eigenvalue weighted by Crippen LogP contribution is 2.37. The third kappa shape index (κ3) is 4.81. The number of amides is 2. The zero-order valence-electron chi connectivity index (χ0n) is 14.7. The van der Waals surface area contributed by atoms with Gasteiger partial charge in [-0.2, -0.15) is 18.4 Å². The molecule has 0 aliphatic carbocycles. The van der Waals surface area contributed by atoms with Crippen LogP contribution in [0.3, 0.4) is 0 Å². The molecule has 1 aliphatic heterocycles. The molecule has 2 amide bonds. The minimum absolute atomic E-state index is 0.0195. The largest absolute Gasteiger partial charge is 0.469 e. The van der Waals surface area contributed by atoms with Gasteiger partial charge in [-0.15, -0.1) is 0 Å². The maximum atomic E-state index is 13.0. The number of carbonyl (C=O) groups is 2. The number of hydrogen-bond donors (Lipinski definition) is 2. The predicted molar refractivity (Wildman–Crippen MR) is 99.4 cm³/mol. The summed E-state index contributed by atoms with van der Waals surface area (Å²) in [7, 11) is 0. The summed E-state index contributed by atoms with van der Waals surface area (Å²) in [5.41, 5.74) is -1.09. The standard InChI is InChI=1S/C19H14F3N3O3S/c20-19(21,22)13-4-1-2-5-14(13)24-17(27)10-29-18-12(9-23)11(8-16(26)25-18)15-6-3-7-28-15/h1-7,11H,8,10H2,(H,24,27)(H,25,26). The first-order chi connectivity index (χ1) is 13.8. The van der Waals surface area contributed by atoms with Gasteiger partial charge in [0.15, 0.2) is 0 Å². The molecule has 3 rings (SSSR count). The van der Waals surface area contributed by atoms with Gasteiger partial charge in [-0.1, -0.05) is 23.9 Å². The number of furan rings is 1. The van der Waals surface area contributed by atoms with Crippen LogP contribution in [-0.2, 0) is 15.8 Å². The highest BCUT2D eigenvalue weighted by molar-refractivity contribution is 8.03. The van der Waals surface area contributed by atoms with Gasteiger partial charge in [-0.05, 0) is 24.3 Å². The normalized spacial score (nSPS) is 16.9. The molecule has 1 aliphatic rings. The van der Waals surface area contributed by atoms with Crippen LogP contribution in [0.4, 0.5) is 18.9 Å². The minimum Gasteiger partial charge on any atom is -0.469 e. The second kappa shape index (κ2) is 8.45. The number of nitrogens with zero attached hydrogens (tertiary/aromatic N) is 1. The summed E-state index contributed by atoms with van der Waals surface area (Å²) in [5.74, 6) is -1.49. The van der Waals surface area contributed by atoms with Crippen molar-refractivity contribution in [3.63, 3.8) is 0 Å². The van der Waals surface area contributed by atoms with Gasteiger partial charge in [-0.25, -0.2) is 0 Å². The van der Waals surface area contributed by atoms with Crippen LogP contribution in [0.1, 0.15) is 23.7 Å². The van der Waals surface area contributed by atoms with Crippen LogP contribution in [0.5, 0.6) is 0 Å². The zero-order chi connectivity index (χ0) is 21.0. The van der Waals surface area contributed by atoms with Gasteiger partial charge < -0.3 is 15.1 Å². The lowest BCUT2D eigenvalue weighted by molar-refractivity contribution is -0.137. The van der Waals surface area contributed by atoms with E-state index in [0.29, 0.717) is 5.76 Å². The van der Waals surface area contributed by atoms with E-state index in [2.05, 4.69) is 10.6 Å². The van der Waals surface area contributed by atoms with E-state index < -0.39 is 23.6 Å². The van der Waals surface area contributed by atoms with Gasteiger partial charge >= 0.3 is 6.18 Å². The van der Waals surface area contributed by atoms with Crippen LogP contribution in [-0.4, -0.2) is 17.6 Å². The summed E-state index contributed by atoms with van der Waals surface area (Å²) in [6.45, 7) is 0. The molecule has 0 fully saturated rings. The number of thioether (sulfide) groups is 1. The molecule has 1 unspecified atom stereocenters. The lowest BCUT2D eigenvalue weighted by Crippen LogP contribution is -2.31. The molecule has 2 N–H and O–H groups in total. The maximum Gasteiger partial charge on any atom is 0.418 e. The molecule has 0 saturated carbocycles. The fourth-order valence-corrected chi connectivity index (χ4v) is 3.71. The van der Waals surface area contributed by atoms with E-state index in [1.54, 1.807) is 12.1 Å². The fraction of sp³-hybridized carbons (Fsp3) is 0.211. The van der Waals surface area contributed by atoms with Crippen LogP contribution in [0.15, 0.2) is 57.7 Å². The number of para-hydroxylation sites is 1. The van der Waals surface area contributed by atoms with Gasteiger partial charge in [-0.3, -0.25) is 9.59 Å².